The minimum absolute atomic E-state index is 0.0457. The van der Waals surface area contributed by atoms with Crippen LogP contribution < -0.4 is 4.72 Å². The zero-order valence-electron chi connectivity index (χ0n) is 10.8. The van der Waals surface area contributed by atoms with Gasteiger partial charge in [-0.3, -0.25) is 0 Å². The minimum atomic E-state index is -3.77. The van der Waals surface area contributed by atoms with Crippen LogP contribution in [0, 0.1) is 11.6 Å². The predicted molar refractivity (Wildman–Crippen MR) is 79.5 cm³/mol. The van der Waals surface area contributed by atoms with Crippen LogP contribution in [0.4, 0.5) is 8.78 Å². The Morgan fingerprint density at radius 3 is 2.33 bits per heavy atom. The molecule has 0 saturated carbocycles. The van der Waals surface area contributed by atoms with Gasteiger partial charge in [0.25, 0.3) is 0 Å². The Morgan fingerprint density at radius 1 is 1.05 bits per heavy atom. The first kappa shape index (κ1) is 16.1. The second kappa shape index (κ2) is 6.64. The predicted octanol–water partition coefficient (Wildman–Crippen LogP) is 3.34. The number of halogens is 3. The molecule has 21 heavy (non-hydrogen) atoms. The normalized spacial score (nSPS) is 11.6. The van der Waals surface area contributed by atoms with E-state index in [1.54, 1.807) is 12.1 Å². The van der Waals surface area contributed by atoms with Gasteiger partial charge in [-0.1, -0.05) is 28.1 Å². The maximum Gasteiger partial charge on any atom is 0.240 e. The Kier molecular flexibility index (Phi) is 5.08. The molecule has 2 aromatic rings. The average molecular weight is 376 g/mol. The molecule has 0 bridgehead atoms. The number of benzene rings is 2. The maximum absolute atomic E-state index is 13.4. The third-order valence-corrected chi connectivity index (χ3v) is 4.91. The van der Waals surface area contributed by atoms with Crippen molar-refractivity contribution in [2.75, 3.05) is 0 Å². The molecule has 2 aromatic carbocycles. The Morgan fingerprint density at radius 2 is 1.71 bits per heavy atom. The molecule has 0 radical (unpaired) electrons. The summed E-state index contributed by atoms with van der Waals surface area (Å²) < 4.78 is 52.8. The molecule has 0 aliphatic rings. The summed E-state index contributed by atoms with van der Waals surface area (Å²) in [6.07, 6.45) is 0. The van der Waals surface area contributed by atoms with Crippen molar-refractivity contribution in [2.24, 2.45) is 0 Å². The highest BCUT2D eigenvalue weighted by atomic mass is 79.9. The van der Waals surface area contributed by atoms with Crippen molar-refractivity contribution in [3.05, 3.63) is 65.2 Å². The first-order chi connectivity index (χ1) is 9.92. The van der Waals surface area contributed by atoms with E-state index < -0.39 is 21.7 Å². The summed E-state index contributed by atoms with van der Waals surface area (Å²) in [6.45, 7) is -0.313. The summed E-state index contributed by atoms with van der Waals surface area (Å²) >= 11 is 3.27. The first-order valence-corrected chi connectivity index (χ1v) is 8.61. The van der Waals surface area contributed by atoms with Gasteiger partial charge in [0.2, 0.25) is 10.0 Å². The lowest BCUT2D eigenvalue weighted by molar-refractivity contribution is 0.567. The van der Waals surface area contributed by atoms with Crippen molar-refractivity contribution < 1.29 is 17.2 Å². The van der Waals surface area contributed by atoms with Gasteiger partial charge in [-0.15, -0.1) is 0 Å². The lowest BCUT2D eigenvalue weighted by Gasteiger charge is -2.08. The van der Waals surface area contributed by atoms with Gasteiger partial charge in [-0.25, -0.2) is 21.9 Å². The van der Waals surface area contributed by atoms with Crippen LogP contribution in [0.5, 0.6) is 0 Å². The quantitative estimate of drug-likeness (QED) is 0.814. The van der Waals surface area contributed by atoms with Gasteiger partial charge in [-0.2, -0.15) is 0 Å². The van der Waals surface area contributed by atoms with Crippen molar-refractivity contribution in [2.45, 2.75) is 16.8 Å². The van der Waals surface area contributed by atoms with Crippen molar-refractivity contribution in [1.82, 2.24) is 4.72 Å². The fourth-order valence-electron chi connectivity index (χ4n) is 1.69. The van der Waals surface area contributed by atoms with E-state index in [4.69, 9.17) is 0 Å². The smallest absolute Gasteiger partial charge is 0.207 e. The van der Waals surface area contributed by atoms with E-state index in [1.807, 2.05) is 0 Å². The van der Waals surface area contributed by atoms with Crippen molar-refractivity contribution >= 4 is 26.0 Å². The summed E-state index contributed by atoms with van der Waals surface area (Å²) in [6, 6.07) is 9.17. The molecular weight excluding hydrogens is 364 g/mol. The molecule has 7 heteroatoms. The van der Waals surface area contributed by atoms with Crippen molar-refractivity contribution in [3.8, 4) is 0 Å². The topological polar surface area (TPSA) is 46.2 Å². The van der Waals surface area contributed by atoms with Crippen LogP contribution in [0.3, 0.4) is 0 Å². The number of hydrogen-bond acceptors (Lipinski definition) is 2. The highest BCUT2D eigenvalue weighted by Crippen LogP contribution is 2.14. The van der Waals surface area contributed by atoms with Gasteiger partial charge in [0, 0.05) is 17.4 Å². The van der Waals surface area contributed by atoms with Gasteiger partial charge in [0.1, 0.15) is 11.6 Å². The largest absolute Gasteiger partial charge is 0.240 e. The molecule has 0 aliphatic heterocycles. The van der Waals surface area contributed by atoms with E-state index >= 15 is 0 Å². The molecule has 3 nitrogen and oxygen atoms in total. The van der Waals surface area contributed by atoms with Gasteiger partial charge < -0.3 is 0 Å². The summed E-state index contributed by atoms with van der Waals surface area (Å²) in [5.74, 6) is -1.28. The Labute approximate surface area is 130 Å². The molecule has 0 unspecified atom stereocenters. The molecule has 0 atom stereocenters. The highest BCUT2D eigenvalue weighted by molar-refractivity contribution is 9.08. The molecule has 0 spiro atoms. The number of hydrogen-bond donors (Lipinski definition) is 1. The van der Waals surface area contributed by atoms with E-state index in [0.717, 1.165) is 23.8 Å². The summed E-state index contributed by atoms with van der Waals surface area (Å²) in [7, 11) is -3.77. The molecule has 0 heterocycles. The highest BCUT2D eigenvalue weighted by Gasteiger charge is 2.15. The Bertz CT molecular complexity index is 733. The zero-order valence-corrected chi connectivity index (χ0v) is 13.2. The van der Waals surface area contributed by atoms with Crippen LogP contribution in [0.15, 0.2) is 47.4 Å². The van der Waals surface area contributed by atoms with E-state index in [-0.39, 0.29) is 17.0 Å². The number of alkyl halides is 1. The first-order valence-electron chi connectivity index (χ1n) is 6.01. The fourth-order valence-corrected chi connectivity index (χ4v) is 3.07. The van der Waals surface area contributed by atoms with Gasteiger partial charge >= 0.3 is 0 Å². The van der Waals surface area contributed by atoms with Crippen LogP contribution >= 0.6 is 15.9 Å². The van der Waals surface area contributed by atoms with Crippen LogP contribution in [0.25, 0.3) is 0 Å². The van der Waals surface area contributed by atoms with Crippen molar-refractivity contribution in [1.29, 1.82) is 0 Å². The zero-order chi connectivity index (χ0) is 15.5. The van der Waals surface area contributed by atoms with Crippen LogP contribution in [-0.4, -0.2) is 8.42 Å². The van der Waals surface area contributed by atoms with E-state index in [0.29, 0.717) is 5.33 Å². The second-order valence-electron chi connectivity index (χ2n) is 4.34. The van der Waals surface area contributed by atoms with Gasteiger partial charge in [0.05, 0.1) is 4.90 Å². The molecule has 0 fully saturated rings. The standard InChI is InChI=1S/C14H12BrF2NO2S/c15-8-10-1-4-13(5-2-10)21(19,20)18-9-11-7-12(16)3-6-14(11)17/h1-7,18H,8-9H2. The molecule has 0 aliphatic carbocycles. The molecule has 112 valence electrons. The molecular formula is C14H12BrF2NO2S. The second-order valence-corrected chi connectivity index (χ2v) is 6.67. The summed E-state index contributed by atoms with van der Waals surface area (Å²) in [4.78, 5) is 0.0732. The summed E-state index contributed by atoms with van der Waals surface area (Å²) in [5.41, 5.74) is 0.890. The Hall–Kier alpha value is -1.31. The number of rotatable bonds is 5. The number of sulfonamides is 1. The minimum Gasteiger partial charge on any atom is -0.207 e. The summed E-state index contributed by atoms with van der Waals surface area (Å²) in [5, 5.41) is 0.620. The maximum atomic E-state index is 13.4. The fraction of sp³-hybridized carbons (Fsp3) is 0.143. The lowest BCUT2D eigenvalue weighted by atomic mass is 10.2. The third-order valence-electron chi connectivity index (χ3n) is 2.85. The van der Waals surface area contributed by atoms with Crippen LogP contribution in [0.1, 0.15) is 11.1 Å². The van der Waals surface area contributed by atoms with E-state index in [2.05, 4.69) is 20.7 Å². The lowest BCUT2D eigenvalue weighted by Crippen LogP contribution is -2.23. The third kappa shape index (κ3) is 4.09. The molecule has 1 N–H and O–H groups in total. The molecule has 0 saturated heterocycles. The van der Waals surface area contributed by atoms with Gasteiger partial charge in [0.15, 0.2) is 0 Å². The molecule has 0 aromatic heterocycles. The monoisotopic (exact) mass is 375 g/mol. The van der Waals surface area contributed by atoms with E-state index in [1.165, 1.54) is 12.1 Å². The van der Waals surface area contributed by atoms with Crippen molar-refractivity contribution in [3.63, 3.8) is 0 Å². The number of nitrogens with one attached hydrogen (secondary N) is 1. The average Bonchev–Trinajstić information content (AvgIpc) is 2.48. The molecule has 0 amide bonds. The van der Waals surface area contributed by atoms with Crippen LogP contribution in [0.2, 0.25) is 0 Å². The Balaban J connectivity index is 2.15. The van der Waals surface area contributed by atoms with Gasteiger partial charge in [-0.05, 0) is 35.9 Å². The van der Waals surface area contributed by atoms with Crippen LogP contribution in [-0.2, 0) is 21.9 Å². The molecule has 2 rings (SSSR count). The SMILES string of the molecule is O=S(=O)(NCc1cc(F)ccc1F)c1ccc(CBr)cc1. The van der Waals surface area contributed by atoms with E-state index in [9.17, 15) is 17.2 Å².